The van der Waals surface area contributed by atoms with Crippen LogP contribution in [0.5, 0.6) is 0 Å². The number of nitrogens with one attached hydrogen (secondary N) is 2. The largest absolute Gasteiger partial charge is 0.396 e. The molecule has 5 atom stereocenters. The Kier molecular flexibility index (Phi) is 7.87. The summed E-state index contributed by atoms with van der Waals surface area (Å²) in [5, 5.41) is 15.5. The molecule has 0 aromatic heterocycles. The minimum atomic E-state index is -0.561. The van der Waals surface area contributed by atoms with Crippen LogP contribution in [0.3, 0.4) is 0 Å². The van der Waals surface area contributed by atoms with Crippen molar-refractivity contribution in [2.24, 2.45) is 11.8 Å². The second kappa shape index (κ2) is 11.0. The van der Waals surface area contributed by atoms with E-state index in [9.17, 15) is 14.4 Å². The van der Waals surface area contributed by atoms with Gasteiger partial charge in [-0.05, 0) is 57.6 Å². The van der Waals surface area contributed by atoms with Gasteiger partial charge in [-0.3, -0.25) is 14.4 Å². The Balaban J connectivity index is 1.41. The minimum absolute atomic E-state index is 0.0287. The van der Waals surface area contributed by atoms with Crippen LogP contribution in [-0.2, 0) is 14.4 Å². The van der Waals surface area contributed by atoms with Crippen molar-refractivity contribution in [2.45, 2.75) is 99.1 Å². The summed E-state index contributed by atoms with van der Waals surface area (Å²) in [6.07, 6.45) is 10.4. The minimum Gasteiger partial charge on any atom is -0.396 e. The predicted molar refractivity (Wildman–Crippen MR) is 146 cm³/mol. The van der Waals surface area contributed by atoms with Gasteiger partial charge in [0.05, 0.1) is 16.6 Å². The molecule has 202 valence electrons. The Labute approximate surface area is 224 Å². The molecule has 2 bridgehead atoms. The predicted octanol–water partition coefficient (Wildman–Crippen LogP) is 4.11. The molecule has 7 nitrogen and oxygen atoms in total. The summed E-state index contributed by atoms with van der Waals surface area (Å²) in [6.45, 7) is 2.81. The fourth-order valence-electron chi connectivity index (χ4n) is 7.38. The van der Waals surface area contributed by atoms with Gasteiger partial charge in [0.1, 0.15) is 6.04 Å². The molecular weight excluding hydrogens is 486 g/mol. The molecule has 3 aliphatic heterocycles. The maximum absolute atomic E-state index is 14.1. The number of anilines is 1. The average Bonchev–Trinajstić information content (AvgIpc) is 3.46. The summed E-state index contributed by atoms with van der Waals surface area (Å²) in [6, 6.07) is 9.06. The maximum Gasteiger partial charge on any atom is 0.244 e. The number of thioether (sulfide) groups is 1. The normalized spacial score (nSPS) is 33.0. The van der Waals surface area contributed by atoms with Gasteiger partial charge in [-0.15, -0.1) is 11.8 Å². The molecule has 4 aliphatic rings. The van der Waals surface area contributed by atoms with Crippen molar-refractivity contribution >= 4 is 35.2 Å². The summed E-state index contributed by atoms with van der Waals surface area (Å²) in [5.74, 6) is -1.13. The summed E-state index contributed by atoms with van der Waals surface area (Å²) in [7, 11) is 0. The summed E-state index contributed by atoms with van der Waals surface area (Å²) in [4.78, 5) is 43.6. The quantitative estimate of drug-likeness (QED) is 0.398. The smallest absolute Gasteiger partial charge is 0.244 e. The third-order valence-electron chi connectivity index (χ3n) is 9.11. The van der Waals surface area contributed by atoms with Crippen molar-refractivity contribution in [3.63, 3.8) is 0 Å². The van der Waals surface area contributed by atoms with Crippen LogP contribution in [0, 0.1) is 11.8 Å². The lowest BCUT2D eigenvalue weighted by Crippen LogP contribution is -2.55. The number of carbonyl (C=O) groups excluding carboxylic acids is 3. The topological polar surface area (TPSA) is 98.7 Å². The Morgan fingerprint density at radius 3 is 2.49 bits per heavy atom. The number of hydrogen-bond acceptors (Lipinski definition) is 5. The van der Waals surface area contributed by atoms with Crippen LogP contribution in [0.1, 0.15) is 77.6 Å². The third-order valence-corrected chi connectivity index (χ3v) is 11.1. The number of amides is 3. The van der Waals surface area contributed by atoms with Crippen molar-refractivity contribution in [2.75, 3.05) is 18.5 Å². The Hall–Kier alpha value is -2.06. The highest BCUT2D eigenvalue weighted by molar-refractivity contribution is 8.02. The van der Waals surface area contributed by atoms with Crippen LogP contribution in [0.15, 0.2) is 30.3 Å². The molecule has 3 heterocycles. The fourth-order valence-corrected chi connectivity index (χ4v) is 9.74. The molecule has 5 rings (SSSR count). The van der Waals surface area contributed by atoms with Crippen LogP contribution in [-0.4, -0.2) is 62.5 Å². The lowest BCUT2D eigenvalue weighted by atomic mass is 9.66. The van der Waals surface area contributed by atoms with Gasteiger partial charge < -0.3 is 20.6 Å². The van der Waals surface area contributed by atoms with Crippen molar-refractivity contribution in [1.82, 2.24) is 10.2 Å². The lowest BCUT2D eigenvalue weighted by molar-refractivity contribution is -0.139. The van der Waals surface area contributed by atoms with Gasteiger partial charge in [-0.25, -0.2) is 0 Å². The van der Waals surface area contributed by atoms with E-state index in [0.717, 1.165) is 69.9 Å². The van der Waals surface area contributed by atoms with E-state index in [1.807, 2.05) is 35.2 Å². The number of fused-ring (bicyclic) bond motifs is 1. The number of likely N-dealkylation sites (tertiary alicyclic amines) is 1. The number of nitrogens with zero attached hydrogens (tertiary/aromatic N) is 1. The van der Waals surface area contributed by atoms with Crippen molar-refractivity contribution < 1.29 is 19.5 Å². The highest BCUT2D eigenvalue weighted by atomic mass is 32.2. The number of rotatable bonds is 10. The average molecular weight is 528 g/mol. The zero-order valence-corrected chi connectivity index (χ0v) is 22.7. The van der Waals surface area contributed by atoms with Gasteiger partial charge in [0.15, 0.2) is 0 Å². The molecule has 2 unspecified atom stereocenters. The zero-order valence-electron chi connectivity index (χ0n) is 21.9. The van der Waals surface area contributed by atoms with Crippen LogP contribution in [0.2, 0.25) is 0 Å². The van der Waals surface area contributed by atoms with Crippen LogP contribution in [0.25, 0.3) is 0 Å². The first-order chi connectivity index (χ1) is 17.9. The van der Waals surface area contributed by atoms with Crippen LogP contribution in [0.4, 0.5) is 5.69 Å². The molecule has 1 aromatic rings. The van der Waals surface area contributed by atoms with E-state index in [0.29, 0.717) is 6.54 Å². The van der Waals surface area contributed by atoms with E-state index in [4.69, 9.17) is 5.11 Å². The van der Waals surface area contributed by atoms with Crippen molar-refractivity contribution in [3.8, 4) is 0 Å². The van der Waals surface area contributed by atoms with E-state index in [1.165, 1.54) is 6.42 Å². The summed E-state index contributed by atoms with van der Waals surface area (Å²) >= 11 is 1.73. The van der Waals surface area contributed by atoms with E-state index < -0.39 is 22.6 Å². The van der Waals surface area contributed by atoms with Crippen LogP contribution >= 0.6 is 11.8 Å². The first-order valence-corrected chi connectivity index (χ1v) is 15.0. The van der Waals surface area contributed by atoms with E-state index in [-0.39, 0.29) is 35.1 Å². The van der Waals surface area contributed by atoms with Crippen LogP contribution < -0.4 is 10.6 Å². The number of aliphatic hydroxyl groups excluding tert-OH is 1. The maximum atomic E-state index is 14.1. The number of benzene rings is 1. The highest BCUT2D eigenvalue weighted by Gasteiger charge is 2.77. The number of carbonyl (C=O) groups is 3. The first kappa shape index (κ1) is 26.5. The highest BCUT2D eigenvalue weighted by Crippen LogP contribution is 2.71. The number of para-hydroxylation sites is 1. The van der Waals surface area contributed by atoms with E-state index >= 15 is 0 Å². The second-order valence-corrected chi connectivity index (χ2v) is 13.5. The summed E-state index contributed by atoms with van der Waals surface area (Å²) in [5.41, 5.74) is 0.732. The SMILES string of the molecule is C[C@@]12CCC3(S1)C(C(=O)NC1CCCCC1)N(CCCCCCO)C(=O)[C@@H]3[C@@H]2C(=O)Nc1ccccc1. The molecule has 1 aliphatic carbocycles. The molecule has 4 fully saturated rings. The van der Waals surface area contributed by atoms with Crippen molar-refractivity contribution in [1.29, 1.82) is 0 Å². The molecule has 3 N–H and O–H groups in total. The van der Waals surface area contributed by atoms with E-state index in [2.05, 4.69) is 17.6 Å². The second-order valence-electron chi connectivity index (χ2n) is 11.6. The number of unbranched alkanes of at least 4 members (excludes halogenated alkanes) is 3. The Morgan fingerprint density at radius 1 is 1.03 bits per heavy atom. The van der Waals surface area contributed by atoms with Gasteiger partial charge in [-0.1, -0.05) is 50.3 Å². The Morgan fingerprint density at radius 2 is 1.76 bits per heavy atom. The molecule has 1 spiro atoms. The standard InChI is InChI=1S/C29H41N3O4S/c1-28-16-17-29(37-28)23(22(28)25(34)30-20-12-6-4-7-13-20)27(36)32(18-10-2-3-11-19-33)24(29)26(35)31-21-14-8-5-9-15-21/h4,6-7,12-13,21-24,33H,2-3,5,8-11,14-19H2,1H3,(H,30,34)(H,31,35)/t22-,23+,24?,28+,29?/m1/s1. The first-order valence-electron chi connectivity index (χ1n) is 14.2. The van der Waals surface area contributed by atoms with Gasteiger partial charge in [0.2, 0.25) is 17.7 Å². The third kappa shape index (κ3) is 4.91. The number of aliphatic hydroxyl groups is 1. The Bertz CT molecular complexity index is 1000. The number of hydrogen-bond donors (Lipinski definition) is 3. The fraction of sp³-hybridized carbons (Fsp3) is 0.690. The molecule has 1 saturated carbocycles. The molecular formula is C29H41N3O4S. The molecule has 1 aromatic carbocycles. The monoisotopic (exact) mass is 527 g/mol. The molecule has 8 heteroatoms. The van der Waals surface area contributed by atoms with Crippen molar-refractivity contribution in [3.05, 3.63) is 30.3 Å². The molecule has 0 radical (unpaired) electrons. The van der Waals surface area contributed by atoms with Gasteiger partial charge >= 0.3 is 0 Å². The van der Waals surface area contributed by atoms with E-state index in [1.54, 1.807) is 11.8 Å². The zero-order chi connectivity index (χ0) is 26.0. The van der Waals surface area contributed by atoms with Gasteiger partial charge in [0.25, 0.3) is 0 Å². The van der Waals surface area contributed by atoms with Gasteiger partial charge in [0, 0.05) is 29.6 Å². The lowest BCUT2D eigenvalue weighted by Gasteiger charge is -2.36. The summed E-state index contributed by atoms with van der Waals surface area (Å²) < 4.78 is -0.926. The molecule has 3 saturated heterocycles. The molecule has 37 heavy (non-hydrogen) atoms. The van der Waals surface area contributed by atoms with Gasteiger partial charge in [-0.2, -0.15) is 0 Å². The molecule has 3 amide bonds.